The zero-order valence-corrected chi connectivity index (χ0v) is 12.7. The van der Waals surface area contributed by atoms with Crippen molar-refractivity contribution in [2.75, 3.05) is 14.2 Å². The first-order valence-electron chi connectivity index (χ1n) is 6.58. The second-order valence-corrected chi connectivity index (χ2v) is 4.57. The summed E-state index contributed by atoms with van der Waals surface area (Å²) in [5.41, 5.74) is 7.86. The quantitative estimate of drug-likeness (QED) is 0.688. The average Bonchev–Trinajstić information content (AvgIpc) is 2.55. The number of ether oxygens (including phenoxy) is 2. The van der Waals surface area contributed by atoms with Crippen LogP contribution in [0.15, 0.2) is 41.5 Å². The second kappa shape index (κ2) is 6.71. The summed E-state index contributed by atoms with van der Waals surface area (Å²) in [6, 6.07) is 8.45. The summed E-state index contributed by atoms with van der Waals surface area (Å²) in [6.07, 6.45) is 1.48. The highest BCUT2D eigenvalue weighted by Crippen LogP contribution is 2.19. The molecule has 0 aliphatic carbocycles. The molecule has 0 saturated heterocycles. The highest BCUT2D eigenvalue weighted by molar-refractivity contribution is 6.08. The molecule has 114 valence electrons. The Kier molecular flexibility index (Phi) is 4.73. The van der Waals surface area contributed by atoms with Crippen molar-refractivity contribution in [3.05, 3.63) is 53.2 Å². The molecule has 1 heterocycles. The third kappa shape index (κ3) is 3.41. The van der Waals surface area contributed by atoms with Crippen LogP contribution in [0.3, 0.4) is 0 Å². The smallest absolute Gasteiger partial charge is 0.279 e. The van der Waals surface area contributed by atoms with Gasteiger partial charge in [0.05, 0.1) is 14.2 Å². The minimum atomic E-state index is -0.460. The van der Waals surface area contributed by atoms with E-state index in [-0.39, 0.29) is 5.84 Å². The van der Waals surface area contributed by atoms with Crippen LogP contribution in [0.1, 0.15) is 21.5 Å². The predicted octanol–water partition coefficient (Wildman–Crippen LogP) is 1.95. The Hall–Kier alpha value is -2.89. The van der Waals surface area contributed by atoms with Gasteiger partial charge < -0.3 is 15.2 Å². The Morgan fingerprint density at radius 1 is 1.14 bits per heavy atom. The largest absolute Gasteiger partial charge is 0.496 e. The van der Waals surface area contributed by atoms with Gasteiger partial charge in [0.2, 0.25) is 5.88 Å². The molecule has 6 nitrogen and oxygen atoms in total. The Morgan fingerprint density at radius 3 is 2.59 bits per heavy atom. The molecule has 0 atom stereocenters. The fraction of sp³-hybridized carbons (Fsp3) is 0.188. The highest BCUT2D eigenvalue weighted by Gasteiger charge is 2.09. The first-order chi connectivity index (χ1) is 10.5. The molecule has 1 aromatic carbocycles. The Labute approximate surface area is 128 Å². The van der Waals surface area contributed by atoms with Crippen LogP contribution < -0.4 is 15.2 Å². The molecule has 1 amide bonds. The number of rotatable bonds is 4. The predicted molar refractivity (Wildman–Crippen MR) is 83.6 cm³/mol. The van der Waals surface area contributed by atoms with Crippen molar-refractivity contribution in [3.63, 3.8) is 0 Å². The number of aliphatic imine (C=N–C) groups is 1. The molecule has 0 spiro atoms. The van der Waals surface area contributed by atoms with Crippen LogP contribution in [0.4, 0.5) is 0 Å². The molecule has 2 N–H and O–H groups in total. The molecule has 0 aliphatic heterocycles. The van der Waals surface area contributed by atoms with Crippen molar-refractivity contribution in [2.24, 2.45) is 10.7 Å². The number of amidine groups is 1. The van der Waals surface area contributed by atoms with Crippen LogP contribution >= 0.6 is 0 Å². The van der Waals surface area contributed by atoms with E-state index in [4.69, 9.17) is 15.2 Å². The molecule has 0 saturated carbocycles. The van der Waals surface area contributed by atoms with E-state index >= 15 is 0 Å². The van der Waals surface area contributed by atoms with Crippen LogP contribution in [0.2, 0.25) is 0 Å². The van der Waals surface area contributed by atoms with E-state index in [1.807, 2.05) is 13.0 Å². The van der Waals surface area contributed by atoms with Crippen molar-refractivity contribution in [1.82, 2.24) is 4.98 Å². The number of carbonyl (C=O) groups is 1. The summed E-state index contributed by atoms with van der Waals surface area (Å²) in [5.74, 6) is 0.696. The van der Waals surface area contributed by atoms with E-state index in [1.165, 1.54) is 19.4 Å². The third-order valence-electron chi connectivity index (χ3n) is 3.12. The van der Waals surface area contributed by atoms with Crippen molar-refractivity contribution >= 4 is 11.7 Å². The SMILES string of the molecule is COc1cc(C(=O)N=C(N)c2ccc(C)c(OC)c2)ccn1. The van der Waals surface area contributed by atoms with E-state index in [2.05, 4.69) is 9.98 Å². The molecule has 0 radical (unpaired) electrons. The van der Waals surface area contributed by atoms with E-state index in [0.29, 0.717) is 22.8 Å². The number of hydrogen-bond acceptors (Lipinski definition) is 4. The van der Waals surface area contributed by atoms with Crippen molar-refractivity contribution in [1.29, 1.82) is 0 Å². The molecule has 2 aromatic rings. The first-order valence-corrected chi connectivity index (χ1v) is 6.58. The maximum absolute atomic E-state index is 12.1. The number of aromatic nitrogens is 1. The van der Waals surface area contributed by atoms with Crippen molar-refractivity contribution in [3.8, 4) is 11.6 Å². The number of benzene rings is 1. The number of hydrogen-bond donors (Lipinski definition) is 1. The number of aryl methyl sites for hydroxylation is 1. The van der Waals surface area contributed by atoms with Gasteiger partial charge in [0.15, 0.2) is 0 Å². The van der Waals surface area contributed by atoms with Crippen LogP contribution in [0, 0.1) is 6.92 Å². The molecule has 22 heavy (non-hydrogen) atoms. The fourth-order valence-electron chi connectivity index (χ4n) is 1.87. The summed E-state index contributed by atoms with van der Waals surface area (Å²) < 4.78 is 10.2. The fourth-order valence-corrected chi connectivity index (χ4v) is 1.87. The molecule has 1 aromatic heterocycles. The number of nitrogens with two attached hydrogens (primary N) is 1. The van der Waals surface area contributed by atoms with E-state index < -0.39 is 5.91 Å². The first kappa shape index (κ1) is 15.5. The maximum Gasteiger partial charge on any atom is 0.279 e. The molecule has 6 heteroatoms. The Bertz CT molecular complexity index is 726. The van der Waals surface area contributed by atoms with Crippen LogP contribution in [0.5, 0.6) is 11.6 Å². The number of pyridine rings is 1. The summed E-state index contributed by atoms with van der Waals surface area (Å²) in [7, 11) is 3.06. The van der Waals surface area contributed by atoms with Gasteiger partial charge in [-0.2, -0.15) is 4.99 Å². The molecular formula is C16H17N3O3. The van der Waals surface area contributed by atoms with Gasteiger partial charge in [-0.25, -0.2) is 4.98 Å². The van der Waals surface area contributed by atoms with Crippen LogP contribution in [-0.4, -0.2) is 30.9 Å². The van der Waals surface area contributed by atoms with E-state index in [0.717, 1.165) is 5.56 Å². The maximum atomic E-state index is 12.1. The number of amides is 1. The van der Waals surface area contributed by atoms with Gasteiger partial charge in [0, 0.05) is 23.4 Å². The van der Waals surface area contributed by atoms with E-state index in [9.17, 15) is 4.79 Å². The topological polar surface area (TPSA) is 86.8 Å². The second-order valence-electron chi connectivity index (χ2n) is 4.57. The lowest BCUT2D eigenvalue weighted by Crippen LogP contribution is -2.16. The minimum absolute atomic E-state index is 0.124. The highest BCUT2D eigenvalue weighted by atomic mass is 16.5. The lowest BCUT2D eigenvalue weighted by Gasteiger charge is -2.07. The van der Waals surface area contributed by atoms with Gasteiger partial charge in [-0.05, 0) is 24.6 Å². The van der Waals surface area contributed by atoms with Gasteiger partial charge in [-0.3, -0.25) is 4.79 Å². The Morgan fingerprint density at radius 2 is 1.91 bits per heavy atom. The average molecular weight is 299 g/mol. The van der Waals surface area contributed by atoms with Gasteiger partial charge in [-0.15, -0.1) is 0 Å². The number of methoxy groups -OCH3 is 2. The molecule has 0 aliphatic rings. The van der Waals surface area contributed by atoms with Gasteiger partial charge in [0.25, 0.3) is 5.91 Å². The molecule has 0 unspecified atom stereocenters. The van der Waals surface area contributed by atoms with Gasteiger partial charge >= 0.3 is 0 Å². The lowest BCUT2D eigenvalue weighted by atomic mass is 10.1. The lowest BCUT2D eigenvalue weighted by molar-refractivity contribution is 0.100. The molecule has 2 rings (SSSR count). The van der Waals surface area contributed by atoms with E-state index in [1.54, 1.807) is 25.3 Å². The van der Waals surface area contributed by atoms with Crippen LogP contribution in [-0.2, 0) is 0 Å². The monoisotopic (exact) mass is 299 g/mol. The minimum Gasteiger partial charge on any atom is -0.496 e. The van der Waals surface area contributed by atoms with Gasteiger partial charge in [-0.1, -0.05) is 12.1 Å². The zero-order valence-electron chi connectivity index (χ0n) is 12.7. The molecule has 0 fully saturated rings. The third-order valence-corrected chi connectivity index (χ3v) is 3.12. The zero-order chi connectivity index (χ0) is 16.1. The van der Waals surface area contributed by atoms with Gasteiger partial charge in [0.1, 0.15) is 11.6 Å². The van der Waals surface area contributed by atoms with Crippen molar-refractivity contribution in [2.45, 2.75) is 6.92 Å². The summed E-state index contributed by atoms with van der Waals surface area (Å²) in [4.78, 5) is 20.0. The number of nitrogens with zero attached hydrogens (tertiary/aromatic N) is 2. The summed E-state index contributed by atoms with van der Waals surface area (Å²) in [6.45, 7) is 1.92. The summed E-state index contributed by atoms with van der Waals surface area (Å²) in [5, 5.41) is 0. The normalized spacial score (nSPS) is 11.1. The van der Waals surface area contributed by atoms with Crippen LogP contribution in [0.25, 0.3) is 0 Å². The molecular weight excluding hydrogens is 282 g/mol. The standard InChI is InChI=1S/C16H17N3O3/c1-10-4-5-11(8-13(10)21-2)15(17)19-16(20)12-6-7-18-14(9-12)22-3/h4-9H,1-3H3,(H2,17,19,20). The number of carbonyl (C=O) groups excluding carboxylic acids is 1. The molecule has 0 bridgehead atoms. The van der Waals surface area contributed by atoms with Crippen molar-refractivity contribution < 1.29 is 14.3 Å². The Balaban J connectivity index is 2.29. The summed E-state index contributed by atoms with van der Waals surface area (Å²) >= 11 is 0.